The van der Waals surface area contributed by atoms with Crippen LogP contribution in [0.1, 0.15) is 23.0 Å². The standard InChI is InChI=1S/C19H22N2O3/c1-24-18(23)10-8-16-7-9-17-19(15(13-22)12-21(16)17)20-11-14-5-3-2-4-6-14/h2-10,15,19-20,22H,11-13H2,1H3/b10-8+/t15-,19+/m0/s1. The number of fused-ring (bicyclic) bond motifs is 1. The van der Waals surface area contributed by atoms with Crippen molar-refractivity contribution >= 4 is 12.0 Å². The van der Waals surface area contributed by atoms with Crippen LogP contribution in [-0.2, 0) is 22.6 Å². The molecule has 5 nitrogen and oxygen atoms in total. The van der Waals surface area contributed by atoms with Gasteiger partial charge < -0.3 is 19.7 Å². The highest BCUT2D eigenvalue weighted by atomic mass is 16.5. The highest BCUT2D eigenvalue weighted by molar-refractivity contribution is 5.86. The fourth-order valence-corrected chi connectivity index (χ4v) is 3.19. The molecule has 0 radical (unpaired) electrons. The van der Waals surface area contributed by atoms with Crippen LogP contribution in [0, 0.1) is 5.92 Å². The van der Waals surface area contributed by atoms with E-state index in [0.29, 0.717) is 0 Å². The molecule has 3 rings (SSSR count). The van der Waals surface area contributed by atoms with Crippen molar-refractivity contribution in [3.8, 4) is 0 Å². The number of carbonyl (C=O) groups excluding carboxylic acids is 1. The Morgan fingerprint density at radius 2 is 2.12 bits per heavy atom. The second kappa shape index (κ2) is 7.47. The molecule has 1 aromatic heterocycles. The van der Waals surface area contributed by atoms with E-state index in [2.05, 4.69) is 32.8 Å². The van der Waals surface area contributed by atoms with Gasteiger partial charge in [0.1, 0.15) is 0 Å². The molecule has 0 saturated heterocycles. The molecule has 1 aromatic carbocycles. The molecular weight excluding hydrogens is 304 g/mol. The fourth-order valence-electron chi connectivity index (χ4n) is 3.19. The molecule has 1 aliphatic rings. The highest BCUT2D eigenvalue weighted by Crippen LogP contribution is 2.34. The van der Waals surface area contributed by atoms with Crippen molar-refractivity contribution in [2.45, 2.75) is 19.1 Å². The van der Waals surface area contributed by atoms with Crippen LogP contribution in [0.2, 0.25) is 0 Å². The normalized spacial score (nSPS) is 19.6. The topological polar surface area (TPSA) is 63.5 Å². The average molecular weight is 326 g/mol. The Labute approximate surface area is 141 Å². The minimum Gasteiger partial charge on any atom is -0.466 e. The maximum Gasteiger partial charge on any atom is 0.330 e. The first-order valence-electron chi connectivity index (χ1n) is 8.06. The van der Waals surface area contributed by atoms with Gasteiger partial charge in [-0.1, -0.05) is 30.3 Å². The van der Waals surface area contributed by atoms with Gasteiger partial charge in [-0.05, 0) is 23.8 Å². The summed E-state index contributed by atoms with van der Waals surface area (Å²) in [5.74, 6) is -0.254. The second-order valence-electron chi connectivity index (χ2n) is 5.94. The highest BCUT2D eigenvalue weighted by Gasteiger charge is 2.32. The summed E-state index contributed by atoms with van der Waals surface area (Å²) in [5.41, 5.74) is 3.29. The monoisotopic (exact) mass is 326 g/mol. The van der Waals surface area contributed by atoms with Crippen molar-refractivity contribution < 1.29 is 14.6 Å². The summed E-state index contributed by atoms with van der Waals surface area (Å²) < 4.78 is 6.77. The van der Waals surface area contributed by atoms with Gasteiger partial charge in [0.2, 0.25) is 0 Å². The molecule has 1 aliphatic heterocycles. The number of benzene rings is 1. The molecular formula is C19H22N2O3. The first-order chi connectivity index (χ1) is 11.7. The Morgan fingerprint density at radius 1 is 1.33 bits per heavy atom. The van der Waals surface area contributed by atoms with Gasteiger partial charge in [0.15, 0.2) is 0 Å². The zero-order valence-electron chi connectivity index (χ0n) is 13.7. The molecule has 0 bridgehead atoms. The number of carbonyl (C=O) groups is 1. The van der Waals surface area contributed by atoms with Gasteiger partial charge in [0, 0.05) is 43.1 Å². The van der Waals surface area contributed by atoms with Gasteiger partial charge in [-0.3, -0.25) is 0 Å². The van der Waals surface area contributed by atoms with E-state index < -0.39 is 0 Å². The number of nitrogens with one attached hydrogen (secondary N) is 1. The lowest BCUT2D eigenvalue weighted by atomic mass is 10.0. The zero-order valence-corrected chi connectivity index (χ0v) is 13.7. The third-order valence-corrected chi connectivity index (χ3v) is 4.45. The van der Waals surface area contributed by atoms with Crippen molar-refractivity contribution in [1.29, 1.82) is 0 Å². The number of hydrogen-bond donors (Lipinski definition) is 2. The van der Waals surface area contributed by atoms with Crippen LogP contribution in [0.4, 0.5) is 0 Å². The minimum absolute atomic E-state index is 0.0930. The summed E-state index contributed by atoms with van der Waals surface area (Å²) >= 11 is 0. The molecule has 0 unspecified atom stereocenters. The number of aliphatic hydroxyl groups is 1. The molecule has 2 atom stereocenters. The fraction of sp³-hybridized carbons (Fsp3) is 0.316. The first kappa shape index (κ1) is 16.5. The van der Waals surface area contributed by atoms with Gasteiger partial charge in [-0.2, -0.15) is 0 Å². The second-order valence-corrected chi connectivity index (χ2v) is 5.94. The lowest BCUT2D eigenvalue weighted by molar-refractivity contribution is -0.134. The Kier molecular flexibility index (Phi) is 5.13. The first-order valence-corrected chi connectivity index (χ1v) is 8.06. The quantitative estimate of drug-likeness (QED) is 0.630. The van der Waals surface area contributed by atoms with E-state index in [9.17, 15) is 9.90 Å². The molecule has 0 aliphatic carbocycles. The van der Waals surface area contributed by atoms with Crippen molar-refractivity contribution in [3.63, 3.8) is 0 Å². The van der Waals surface area contributed by atoms with Gasteiger partial charge in [-0.15, -0.1) is 0 Å². The third-order valence-electron chi connectivity index (χ3n) is 4.45. The maximum absolute atomic E-state index is 11.3. The third kappa shape index (κ3) is 3.42. The van der Waals surface area contributed by atoms with Crippen LogP contribution in [-0.4, -0.2) is 29.4 Å². The molecule has 0 fully saturated rings. The van der Waals surface area contributed by atoms with Gasteiger partial charge in [-0.25, -0.2) is 4.79 Å². The number of rotatable bonds is 6. The molecule has 2 heterocycles. The summed E-state index contributed by atoms with van der Waals surface area (Å²) in [5, 5.41) is 13.3. The number of hydrogen-bond acceptors (Lipinski definition) is 4. The van der Waals surface area contributed by atoms with Crippen molar-refractivity contribution in [2.75, 3.05) is 13.7 Å². The summed E-state index contributed by atoms with van der Waals surface area (Å²) in [4.78, 5) is 11.3. The van der Waals surface area contributed by atoms with E-state index in [0.717, 1.165) is 24.5 Å². The average Bonchev–Trinajstić information content (AvgIpc) is 3.17. The lowest BCUT2D eigenvalue weighted by Gasteiger charge is -2.18. The predicted molar refractivity (Wildman–Crippen MR) is 92.1 cm³/mol. The molecule has 0 amide bonds. The van der Waals surface area contributed by atoms with Crippen LogP contribution in [0.3, 0.4) is 0 Å². The van der Waals surface area contributed by atoms with E-state index in [1.54, 1.807) is 6.08 Å². The van der Waals surface area contributed by atoms with Crippen LogP contribution in [0.25, 0.3) is 6.08 Å². The van der Waals surface area contributed by atoms with Crippen LogP contribution in [0.5, 0.6) is 0 Å². The summed E-state index contributed by atoms with van der Waals surface area (Å²) in [6.07, 6.45) is 3.17. The number of aromatic nitrogens is 1. The lowest BCUT2D eigenvalue weighted by Crippen LogP contribution is -2.27. The van der Waals surface area contributed by atoms with Crippen molar-refractivity contribution in [3.05, 3.63) is 65.5 Å². The Hall–Kier alpha value is -2.37. The Bertz CT molecular complexity index is 721. The molecule has 2 N–H and O–H groups in total. The number of nitrogens with zero attached hydrogens (tertiary/aromatic N) is 1. The van der Waals surface area contributed by atoms with E-state index in [1.165, 1.54) is 18.7 Å². The van der Waals surface area contributed by atoms with Crippen LogP contribution >= 0.6 is 0 Å². The Balaban J connectivity index is 1.76. The van der Waals surface area contributed by atoms with E-state index in [1.807, 2.05) is 24.3 Å². The van der Waals surface area contributed by atoms with E-state index in [4.69, 9.17) is 0 Å². The predicted octanol–water partition coefficient (Wildman–Crippen LogP) is 2.13. The zero-order chi connectivity index (χ0) is 16.9. The van der Waals surface area contributed by atoms with Gasteiger partial charge in [0.25, 0.3) is 0 Å². The minimum atomic E-state index is -0.374. The molecule has 24 heavy (non-hydrogen) atoms. The number of methoxy groups -OCH3 is 1. The van der Waals surface area contributed by atoms with Crippen molar-refractivity contribution in [1.82, 2.24) is 9.88 Å². The molecule has 126 valence electrons. The van der Waals surface area contributed by atoms with Crippen LogP contribution in [0.15, 0.2) is 48.5 Å². The van der Waals surface area contributed by atoms with Crippen LogP contribution < -0.4 is 5.32 Å². The SMILES string of the molecule is COC(=O)/C=C/c1ccc2n1C[C@@H](CO)[C@H]2NCc1ccccc1. The van der Waals surface area contributed by atoms with Gasteiger partial charge >= 0.3 is 5.97 Å². The summed E-state index contributed by atoms with van der Waals surface area (Å²) in [6, 6.07) is 14.3. The molecule has 0 spiro atoms. The smallest absolute Gasteiger partial charge is 0.330 e. The maximum atomic E-state index is 11.3. The number of aliphatic hydroxyl groups excluding tert-OH is 1. The summed E-state index contributed by atoms with van der Waals surface area (Å²) in [6.45, 7) is 1.60. The van der Waals surface area contributed by atoms with E-state index >= 15 is 0 Å². The largest absolute Gasteiger partial charge is 0.466 e. The number of esters is 1. The van der Waals surface area contributed by atoms with E-state index in [-0.39, 0.29) is 24.5 Å². The number of ether oxygens (including phenoxy) is 1. The molecule has 0 saturated carbocycles. The summed E-state index contributed by atoms with van der Waals surface area (Å²) in [7, 11) is 1.36. The Morgan fingerprint density at radius 3 is 2.83 bits per heavy atom. The molecule has 2 aromatic rings. The molecule has 5 heteroatoms. The van der Waals surface area contributed by atoms with Crippen molar-refractivity contribution in [2.24, 2.45) is 5.92 Å². The van der Waals surface area contributed by atoms with Gasteiger partial charge in [0.05, 0.1) is 13.2 Å².